The molecule has 2 heterocycles. The van der Waals surface area contributed by atoms with Crippen LogP contribution < -0.4 is 19.5 Å². The lowest BCUT2D eigenvalue weighted by molar-refractivity contribution is -0.135. The van der Waals surface area contributed by atoms with Crippen molar-refractivity contribution >= 4 is 52.7 Å². The number of hydrogen-bond acceptors (Lipinski definition) is 6. The highest BCUT2D eigenvalue weighted by Crippen LogP contribution is 2.31. The van der Waals surface area contributed by atoms with Gasteiger partial charge in [-0.25, -0.2) is 4.79 Å². The summed E-state index contributed by atoms with van der Waals surface area (Å²) in [6, 6.07) is 10.7. The molecule has 1 aliphatic heterocycles. The number of hydrogen-bond donors (Lipinski definition) is 0. The molecule has 0 bridgehead atoms. The summed E-state index contributed by atoms with van der Waals surface area (Å²) in [4.78, 5) is 25.4. The maximum absolute atomic E-state index is 13.3. The molecule has 0 unspecified atom stereocenters. The highest BCUT2D eigenvalue weighted by atomic mass is 35.5. The third-order valence-electron chi connectivity index (χ3n) is 4.71. The van der Waals surface area contributed by atoms with Crippen molar-refractivity contribution in [2.45, 2.75) is 20.1 Å². The van der Waals surface area contributed by atoms with Crippen LogP contribution in [0.2, 0.25) is 10.0 Å². The van der Waals surface area contributed by atoms with Gasteiger partial charge in [-0.3, -0.25) is 9.36 Å². The quantitative estimate of drug-likeness (QED) is 0.512. The minimum Gasteiger partial charge on any atom is -0.467 e. The molecule has 0 radical (unpaired) electrons. The van der Waals surface area contributed by atoms with Gasteiger partial charge in [0.25, 0.3) is 5.56 Å². The second-order valence-corrected chi connectivity index (χ2v) is 8.89. The van der Waals surface area contributed by atoms with Gasteiger partial charge in [-0.2, -0.15) is 0 Å². The van der Waals surface area contributed by atoms with E-state index < -0.39 is 5.97 Å². The normalized spacial score (nSPS) is 14.2. The van der Waals surface area contributed by atoms with Gasteiger partial charge in [0.15, 0.2) is 6.79 Å². The Bertz CT molecular complexity index is 1330. The number of carbonyl (C=O) groups is 1. The molecule has 0 amide bonds. The first-order chi connectivity index (χ1) is 15.4. The molecule has 32 heavy (non-hydrogen) atoms. The van der Waals surface area contributed by atoms with Crippen molar-refractivity contribution in [1.82, 2.24) is 4.57 Å². The second-order valence-electron chi connectivity index (χ2n) is 6.95. The van der Waals surface area contributed by atoms with Crippen molar-refractivity contribution in [2.75, 3.05) is 13.4 Å². The Morgan fingerprint density at radius 2 is 2.00 bits per heavy atom. The van der Waals surface area contributed by atoms with Crippen LogP contribution >= 0.6 is 34.5 Å². The zero-order chi connectivity index (χ0) is 22.7. The minimum atomic E-state index is -0.515. The standard InChI is InChI=1S/C23H19Cl2NO5S/c1-2-30-21(27)10-20-26(11-15-8-18(25)9-16-12-29-13-31-22(15)16)23(28)19(32-20)7-14-3-5-17(24)6-4-14/h3-10H,2,11-13H2,1H3/b19-7-,20-10-. The van der Waals surface area contributed by atoms with Gasteiger partial charge in [0, 0.05) is 21.2 Å². The smallest absolute Gasteiger partial charge is 0.333 e. The Labute approximate surface area is 197 Å². The SMILES string of the molecule is CCOC(=O)/C=c1\s/c(=C\c2ccc(Cl)cc2)c(=O)n1Cc1cc(Cl)cc2c1OCOC2. The van der Waals surface area contributed by atoms with Gasteiger partial charge < -0.3 is 14.2 Å². The molecule has 0 N–H and O–H groups in total. The number of rotatable bonds is 5. The summed E-state index contributed by atoms with van der Waals surface area (Å²) in [7, 11) is 0. The number of ether oxygens (including phenoxy) is 3. The fourth-order valence-electron chi connectivity index (χ4n) is 3.33. The third kappa shape index (κ3) is 5.07. The number of benzene rings is 2. The predicted molar refractivity (Wildman–Crippen MR) is 125 cm³/mol. The van der Waals surface area contributed by atoms with Crippen LogP contribution in [0.3, 0.4) is 0 Å². The van der Waals surface area contributed by atoms with E-state index in [0.717, 1.165) is 16.7 Å². The van der Waals surface area contributed by atoms with Gasteiger partial charge in [0.2, 0.25) is 0 Å². The summed E-state index contributed by atoms with van der Waals surface area (Å²) >= 11 is 13.4. The van der Waals surface area contributed by atoms with Crippen molar-refractivity contribution in [1.29, 1.82) is 0 Å². The average molecular weight is 492 g/mol. The number of nitrogens with zero attached hydrogens (tertiary/aromatic N) is 1. The molecule has 166 valence electrons. The number of halogens is 2. The van der Waals surface area contributed by atoms with Crippen molar-refractivity contribution in [3.8, 4) is 5.75 Å². The van der Waals surface area contributed by atoms with E-state index in [0.29, 0.717) is 31.6 Å². The van der Waals surface area contributed by atoms with Gasteiger partial charge in [-0.1, -0.05) is 35.3 Å². The van der Waals surface area contributed by atoms with E-state index in [4.69, 9.17) is 37.4 Å². The summed E-state index contributed by atoms with van der Waals surface area (Å²) in [6.07, 6.45) is 3.09. The molecule has 0 atom stereocenters. The number of esters is 1. The van der Waals surface area contributed by atoms with Gasteiger partial charge in [0.05, 0.1) is 30.4 Å². The van der Waals surface area contributed by atoms with Gasteiger partial charge >= 0.3 is 5.97 Å². The van der Waals surface area contributed by atoms with Crippen molar-refractivity contribution < 1.29 is 19.0 Å². The summed E-state index contributed by atoms with van der Waals surface area (Å²) in [6.45, 7) is 2.64. The molecule has 0 saturated carbocycles. The zero-order valence-corrected chi connectivity index (χ0v) is 19.4. The van der Waals surface area contributed by atoms with Gasteiger partial charge in [-0.15, -0.1) is 11.3 Å². The lowest BCUT2D eigenvalue weighted by atomic mass is 10.1. The van der Waals surface area contributed by atoms with E-state index in [1.807, 2.05) is 12.1 Å². The van der Waals surface area contributed by atoms with Crippen molar-refractivity contribution in [3.63, 3.8) is 0 Å². The Kier molecular flexibility index (Phi) is 7.01. The van der Waals surface area contributed by atoms with Crippen LogP contribution in [0.1, 0.15) is 23.6 Å². The first kappa shape index (κ1) is 22.6. The summed E-state index contributed by atoms with van der Waals surface area (Å²) in [5.74, 6) is 0.127. The van der Waals surface area contributed by atoms with Crippen LogP contribution in [0.4, 0.5) is 0 Å². The summed E-state index contributed by atoms with van der Waals surface area (Å²) in [5, 5.41) is 1.12. The van der Waals surface area contributed by atoms with Crippen LogP contribution in [-0.2, 0) is 27.4 Å². The van der Waals surface area contributed by atoms with Crippen molar-refractivity contribution in [3.05, 3.63) is 82.7 Å². The van der Waals surface area contributed by atoms with E-state index in [2.05, 4.69) is 0 Å². The van der Waals surface area contributed by atoms with E-state index in [1.54, 1.807) is 37.3 Å². The molecule has 0 aliphatic carbocycles. The van der Waals surface area contributed by atoms with Gasteiger partial charge in [0.1, 0.15) is 10.4 Å². The molecule has 0 saturated heterocycles. The molecular weight excluding hydrogens is 473 g/mol. The van der Waals surface area contributed by atoms with Crippen LogP contribution in [0.5, 0.6) is 5.75 Å². The molecular formula is C23H19Cl2NO5S. The zero-order valence-electron chi connectivity index (χ0n) is 17.1. The number of aromatic nitrogens is 1. The predicted octanol–water partition coefficient (Wildman–Crippen LogP) is 3.30. The Hall–Kier alpha value is -2.58. The Morgan fingerprint density at radius 3 is 2.75 bits per heavy atom. The highest BCUT2D eigenvalue weighted by molar-refractivity contribution is 7.07. The monoisotopic (exact) mass is 491 g/mol. The lowest BCUT2D eigenvalue weighted by Crippen LogP contribution is -2.32. The largest absolute Gasteiger partial charge is 0.467 e. The molecule has 1 aliphatic rings. The molecule has 0 fully saturated rings. The van der Waals surface area contributed by atoms with E-state index in [-0.39, 0.29) is 25.5 Å². The van der Waals surface area contributed by atoms with Crippen LogP contribution in [0, 0.1) is 0 Å². The fraction of sp³-hybridized carbons (Fsp3) is 0.217. The third-order valence-corrected chi connectivity index (χ3v) is 6.24. The minimum absolute atomic E-state index is 0.123. The molecule has 3 aromatic rings. The number of carbonyl (C=O) groups excluding carboxylic acids is 1. The molecule has 9 heteroatoms. The maximum Gasteiger partial charge on any atom is 0.333 e. The van der Waals surface area contributed by atoms with E-state index in [9.17, 15) is 9.59 Å². The average Bonchev–Trinajstić information content (AvgIpc) is 3.04. The van der Waals surface area contributed by atoms with E-state index >= 15 is 0 Å². The highest BCUT2D eigenvalue weighted by Gasteiger charge is 2.18. The first-order valence-electron chi connectivity index (χ1n) is 9.82. The van der Waals surface area contributed by atoms with Crippen LogP contribution in [-0.4, -0.2) is 23.9 Å². The second kappa shape index (κ2) is 9.92. The fourth-order valence-corrected chi connectivity index (χ4v) is 4.75. The molecule has 6 nitrogen and oxygen atoms in total. The Morgan fingerprint density at radius 1 is 1.22 bits per heavy atom. The lowest BCUT2D eigenvalue weighted by Gasteiger charge is -2.21. The molecule has 2 aromatic carbocycles. The van der Waals surface area contributed by atoms with Crippen molar-refractivity contribution in [2.24, 2.45) is 0 Å². The van der Waals surface area contributed by atoms with Crippen LogP contribution in [0.15, 0.2) is 41.2 Å². The van der Waals surface area contributed by atoms with Crippen LogP contribution in [0.25, 0.3) is 12.2 Å². The summed E-state index contributed by atoms with van der Waals surface area (Å²) in [5.41, 5.74) is 2.13. The number of thiazole rings is 1. The molecule has 4 rings (SSSR count). The number of fused-ring (bicyclic) bond motifs is 1. The first-order valence-corrected chi connectivity index (χ1v) is 11.4. The molecule has 0 spiro atoms. The topological polar surface area (TPSA) is 66.8 Å². The molecule has 1 aromatic heterocycles. The maximum atomic E-state index is 13.3. The Balaban J connectivity index is 1.85. The summed E-state index contributed by atoms with van der Waals surface area (Å²) < 4.78 is 18.5. The van der Waals surface area contributed by atoms with Gasteiger partial charge in [-0.05, 0) is 42.8 Å². The van der Waals surface area contributed by atoms with E-state index in [1.165, 1.54) is 22.0 Å².